The molecule has 0 saturated heterocycles. The molecule has 0 aliphatic rings. The Bertz CT molecular complexity index is 89.7. The minimum absolute atomic E-state index is 0.241. The lowest BCUT2D eigenvalue weighted by molar-refractivity contribution is -0.116. The maximum Gasteiger partial charge on any atom is 0.243 e. The Morgan fingerprint density at radius 2 is 3.00 bits per heavy atom. The molecule has 0 aromatic heterocycles. The van der Waals surface area contributed by atoms with Crippen LogP contribution >= 0.6 is 0 Å². The summed E-state index contributed by atoms with van der Waals surface area (Å²) in [6, 6.07) is 0. The molecule has 0 aliphatic carbocycles. The van der Waals surface area contributed by atoms with Crippen LogP contribution in [0.25, 0.3) is 0 Å². The first-order valence-electron chi connectivity index (χ1n) is 2.15. The van der Waals surface area contributed by atoms with Gasteiger partial charge in [0.05, 0.1) is 1.37 Å². The Hall–Kier alpha value is -0.790. The minimum Gasteiger partial charge on any atom is -0.356 e. The molecule has 0 saturated carbocycles. The van der Waals surface area contributed by atoms with Crippen LogP contribution in [-0.4, -0.2) is 13.0 Å². The molecule has 0 heterocycles. The van der Waals surface area contributed by atoms with Crippen molar-refractivity contribution in [2.75, 3.05) is 7.05 Å². The van der Waals surface area contributed by atoms with Gasteiger partial charge in [0, 0.05) is 7.05 Å². The molecule has 0 bridgehead atoms. The summed E-state index contributed by atoms with van der Waals surface area (Å²) in [6.45, 7) is 0.943. The Balaban J connectivity index is 3.37. The van der Waals surface area contributed by atoms with Crippen LogP contribution in [0.1, 0.15) is 1.37 Å². The fourth-order valence-corrected chi connectivity index (χ4v) is 0.0833. The molecular weight excluding hydrogens is 78.0 g/mol. The van der Waals surface area contributed by atoms with E-state index in [0.717, 1.165) is 12.6 Å². The fourth-order valence-electron chi connectivity index (χ4n) is 0.0833. The van der Waals surface area contributed by atoms with Gasteiger partial charge in [0.15, 0.2) is 0 Å². The number of nitrogens with one attached hydrogen (secondary N) is 1. The van der Waals surface area contributed by atoms with Gasteiger partial charge < -0.3 is 5.32 Å². The van der Waals surface area contributed by atoms with Crippen LogP contribution in [0, 0.1) is 0 Å². The molecule has 0 fully saturated rings. The van der Waals surface area contributed by atoms with Crippen LogP contribution in [0.5, 0.6) is 0 Å². The first-order valence-corrected chi connectivity index (χ1v) is 1.58. The molecule has 0 aromatic carbocycles. The van der Waals surface area contributed by atoms with Crippen LogP contribution in [0.4, 0.5) is 0 Å². The van der Waals surface area contributed by atoms with Crippen LogP contribution in [0.15, 0.2) is 12.6 Å². The van der Waals surface area contributed by atoms with Gasteiger partial charge in [-0.25, -0.2) is 0 Å². The Labute approximate surface area is 38.3 Å². The van der Waals surface area contributed by atoms with E-state index in [9.17, 15) is 4.79 Å². The molecular formula is C4H7NO. The molecule has 0 rings (SSSR count). The van der Waals surface area contributed by atoms with Gasteiger partial charge in [-0.3, -0.25) is 4.79 Å². The molecule has 0 spiro atoms. The summed E-state index contributed by atoms with van der Waals surface area (Å²) in [5.74, 6) is -0.241. The maximum absolute atomic E-state index is 10.1. The van der Waals surface area contributed by atoms with E-state index in [4.69, 9.17) is 1.37 Å². The van der Waals surface area contributed by atoms with Crippen molar-refractivity contribution >= 4 is 5.91 Å². The smallest absolute Gasteiger partial charge is 0.243 e. The molecule has 2 heteroatoms. The van der Waals surface area contributed by atoms with Crippen LogP contribution in [-0.2, 0) is 4.79 Å². The first-order chi connectivity index (χ1) is 3.31. The standard InChI is InChI=1S/C4H7NO/c1-3-4(6)5-2/h3H,1H2,2H3,(H,5,6)/i1T/b3-1+. The second kappa shape index (κ2) is 2.45. The number of carbonyl (C=O) groups excluding carboxylic acids is 1. The van der Waals surface area contributed by atoms with Gasteiger partial charge in [-0.2, -0.15) is 0 Å². The summed E-state index contributed by atoms with van der Waals surface area (Å²) in [5.41, 5.74) is 0. The van der Waals surface area contributed by atoms with Crippen LogP contribution < -0.4 is 5.32 Å². The van der Waals surface area contributed by atoms with E-state index < -0.39 is 0 Å². The van der Waals surface area contributed by atoms with E-state index in [1.807, 2.05) is 0 Å². The zero-order valence-electron chi connectivity index (χ0n) is 4.56. The summed E-state index contributed by atoms with van der Waals surface area (Å²) in [5, 5.41) is 2.32. The zero-order chi connectivity index (χ0) is 5.70. The van der Waals surface area contributed by atoms with Crippen molar-refractivity contribution in [2.24, 2.45) is 0 Å². The van der Waals surface area contributed by atoms with Gasteiger partial charge in [-0.15, -0.1) is 0 Å². The quantitative estimate of drug-likeness (QED) is 0.445. The SMILES string of the molecule is [3H]/C=C/C(=O)NC. The molecule has 34 valence electrons. The van der Waals surface area contributed by atoms with Gasteiger partial charge in [0.25, 0.3) is 0 Å². The lowest BCUT2D eigenvalue weighted by Gasteiger charge is -1.82. The number of hydrogen-bond donors (Lipinski definition) is 1. The third-order valence-electron chi connectivity index (χ3n) is 0.398. The van der Waals surface area contributed by atoms with E-state index in [1.165, 1.54) is 7.05 Å². The van der Waals surface area contributed by atoms with Crippen LogP contribution in [0.2, 0.25) is 0 Å². The van der Waals surface area contributed by atoms with Crippen molar-refractivity contribution in [2.45, 2.75) is 0 Å². The number of likely N-dealkylation sites (N-methyl/N-ethyl adjacent to an activating group) is 1. The molecule has 0 aromatic rings. The van der Waals surface area contributed by atoms with Crippen molar-refractivity contribution in [3.05, 3.63) is 12.6 Å². The number of carbonyl (C=O) groups is 1. The molecule has 1 N–H and O–H groups in total. The third kappa shape index (κ3) is 1.52. The average molecular weight is 87.1 g/mol. The predicted molar refractivity (Wildman–Crippen MR) is 24.3 cm³/mol. The van der Waals surface area contributed by atoms with E-state index in [1.54, 1.807) is 0 Å². The number of rotatable bonds is 1. The largest absolute Gasteiger partial charge is 0.356 e. The summed E-state index contributed by atoms with van der Waals surface area (Å²) < 4.78 is 6.40. The second-order valence-corrected chi connectivity index (χ2v) is 0.781. The molecule has 0 unspecified atom stereocenters. The third-order valence-corrected chi connectivity index (χ3v) is 0.398. The van der Waals surface area contributed by atoms with Gasteiger partial charge >= 0.3 is 0 Å². The lowest BCUT2D eigenvalue weighted by Crippen LogP contribution is -2.13. The van der Waals surface area contributed by atoms with Gasteiger partial charge in [-0.1, -0.05) is 6.55 Å². The van der Waals surface area contributed by atoms with Gasteiger partial charge in [0.1, 0.15) is 0 Å². The Kier molecular flexibility index (Phi) is 1.39. The topological polar surface area (TPSA) is 29.1 Å². The van der Waals surface area contributed by atoms with Crippen molar-refractivity contribution in [3.8, 4) is 0 Å². The number of amides is 1. The zero-order valence-corrected chi connectivity index (χ0v) is 3.56. The predicted octanol–water partition coefficient (Wildman–Crippen LogP) is -0.0816. The van der Waals surface area contributed by atoms with Gasteiger partial charge in [0.2, 0.25) is 5.91 Å². The fraction of sp³-hybridized carbons (Fsp3) is 0.250. The van der Waals surface area contributed by atoms with E-state index in [-0.39, 0.29) is 5.91 Å². The van der Waals surface area contributed by atoms with E-state index in [0.29, 0.717) is 0 Å². The second-order valence-electron chi connectivity index (χ2n) is 0.781. The maximum atomic E-state index is 10.1. The molecule has 6 heavy (non-hydrogen) atoms. The normalized spacial score (nSPS) is 11.2. The van der Waals surface area contributed by atoms with Crippen molar-refractivity contribution in [1.29, 1.82) is 0 Å². The summed E-state index contributed by atoms with van der Waals surface area (Å²) in [6.07, 6.45) is 1.14. The van der Waals surface area contributed by atoms with Crippen LogP contribution in [0.3, 0.4) is 0 Å². The summed E-state index contributed by atoms with van der Waals surface area (Å²) in [4.78, 5) is 10.1. The molecule has 0 atom stereocenters. The highest BCUT2D eigenvalue weighted by Crippen LogP contribution is 1.56. The summed E-state index contributed by atoms with van der Waals surface area (Å²) >= 11 is 0. The van der Waals surface area contributed by atoms with Crippen molar-refractivity contribution in [1.82, 2.24) is 5.32 Å². The highest BCUT2D eigenvalue weighted by atomic mass is 16.1. The molecule has 2 nitrogen and oxygen atoms in total. The molecule has 0 radical (unpaired) electrons. The highest BCUT2D eigenvalue weighted by Gasteiger charge is 1.78. The van der Waals surface area contributed by atoms with E-state index >= 15 is 0 Å². The Morgan fingerprint density at radius 3 is 3.17 bits per heavy atom. The Morgan fingerprint density at radius 1 is 2.33 bits per heavy atom. The molecule has 1 amide bonds. The van der Waals surface area contributed by atoms with Crippen molar-refractivity contribution < 1.29 is 6.17 Å². The minimum atomic E-state index is -0.241. The van der Waals surface area contributed by atoms with Gasteiger partial charge in [-0.05, 0) is 6.08 Å². The summed E-state index contributed by atoms with van der Waals surface area (Å²) in [7, 11) is 1.52. The monoisotopic (exact) mass is 87.1 g/mol. The van der Waals surface area contributed by atoms with E-state index in [2.05, 4.69) is 5.32 Å². The average Bonchev–Trinajstić information content (AvgIpc) is 1.68. The first kappa shape index (κ1) is 3.40. The highest BCUT2D eigenvalue weighted by molar-refractivity contribution is 5.86. The number of hydrogen-bond acceptors (Lipinski definition) is 1. The van der Waals surface area contributed by atoms with Crippen molar-refractivity contribution in [3.63, 3.8) is 0 Å². The lowest BCUT2D eigenvalue weighted by atomic mass is 10.6. The molecule has 0 aliphatic heterocycles.